The van der Waals surface area contributed by atoms with Crippen molar-refractivity contribution in [2.75, 3.05) is 0 Å². The topological polar surface area (TPSA) is 87.2 Å². The van der Waals surface area contributed by atoms with Crippen LogP contribution in [-0.4, -0.2) is 39.5 Å². The van der Waals surface area contributed by atoms with Gasteiger partial charge in [0.1, 0.15) is 5.69 Å². The Morgan fingerprint density at radius 1 is 1.00 bits per heavy atom. The van der Waals surface area contributed by atoms with Crippen LogP contribution in [0, 0.1) is 0 Å². The molecule has 0 saturated heterocycles. The first-order valence-corrected chi connectivity index (χ1v) is 9.25. The summed E-state index contributed by atoms with van der Waals surface area (Å²) in [5.41, 5.74) is -0.215. The lowest BCUT2D eigenvalue weighted by atomic mass is 10.1. The van der Waals surface area contributed by atoms with Gasteiger partial charge in [-0.25, -0.2) is 4.98 Å². The molecule has 1 aliphatic heterocycles. The molecule has 8 nitrogen and oxygen atoms in total. The minimum Gasteiger partial charge on any atom is -0.301 e. The zero-order valence-corrected chi connectivity index (χ0v) is 16.1. The predicted octanol–water partition coefficient (Wildman–Crippen LogP) is 3.91. The molecule has 0 unspecified atom stereocenters. The summed E-state index contributed by atoms with van der Waals surface area (Å²) in [6.07, 6.45) is 0.116. The van der Waals surface area contributed by atoms with Crippen LogP contribution < -0.4 is 0 Å². The Balaban J connectivity index is 1.66. The van der Waals surface area contributed by atoms with Gasteiger partial charge in [-0.3, -0.25) is 9.55 Å². The van der Waals surface area contributed by atoms with Crippen molar-refractivity contribution >= 4 is 11.6 Å². The van der Waals surface area contributed by atoms with Crippen molar-refractivity contribution < 1.29 is 13.2 Å². The van der Waals surface area contributed by atoms with Crippen LogP contribution in [-0.2, 0) is 12.7 Å². The van der Waals surface area contributed by atoms with Gasteiger partial charge in [0.05, 0.1) is 22.8 Å². The van der Waals surface area contributed by atoms with Gasteiger partial charge in [-0.05, 0) is 19.1 Å². The molecular formula is C18H12ClF3N8. The third-order valence-corrected chi connectivity index (χ3v) is 5.28. The Morgan fingerprint density at radius 3 is 2.47 bits per heavy atom. The molecule has 0 saturated carbocycles. The molecule has 0 radical (unpaired) electrons. The molecule has 30 heavy (non-hydrogen) atoms. The Morgan fingerprint density at radius 2 is 1.73 bits per heavy atom. The molecule has 3 aromatic heterocycles. The molecule has 5 rings (SSSR count). The fourth-order valence-electron chi connectivity index (χ4n) is 3.56. The number of halogens is 4. The first kappa shape index (κ1) is 18.7. The van der Waals surface area contributed by atoms with Gasteiger partial charge in [0.15, 0.2) is 11.6 Å². The second-order valence-corrected chi connectivity index (χ2v) is 7.16. The number of nitrogens with zero attached hydrogens (tertiary/aromatic N) is 8. The molecule has 0 spiro atoms. The van der Waals surface area contributed by atoms with Gasteiger partial charge in [-0.15, -0.1) is 20.4 Å². The van der Waals surface area contributed by atoms with Crippen molar-refractivity contribution in [3.05, 3.63) is 47.4 Å². The highest BCUT2D eigenvalue weighted by molar-refractivity contribution is 6.34. The average molecular weight is 433 g/mol. The Kier molecular flexibility index (Phi) is 4.10. The first-order valence-electron chi connectivity index (χ1n) is 8.87. The summed E-state index contributed by atoms with van der Waals surface area (Å²) in [6.45, 7) is 2.35. The maximum atomic E-state index is 13.3. The largest absolute Gasteiger partial charge is 0.417 e. The summed E-state index contributed by atoms with van der Waals surface area (Å²) >= 11 is 6.11. The second kappa shape index (κ2) is 6.59. The molecular weight excluding hydrogens is 421 g/mol. The van der Waals surface area contributed by atoms with Crippen LogP contribution in [0.3, 0.4) is 0 Å². The van der Waals surface area contributed by atoms with E-state index >= 15 is 0 Å². The van der Waals surface area contributed by atoms with Crippen LogP contribution >= 0.6 is 11.6 Å². The number of alkyl halides is 3. The second-order valence-electron chi connectivity index (χ2n) is 6.78. The number of rotatable bonds is 2. The number of benzene rings is 1. The number of fused-ring (bicyclic) bond motifs is 3. The predicted molar refractivity (Wildman–Crippen MR) is 100 cm³/mol. The molecule has 152 valence electrons. The van der Waals surface area contributed by atoms with E-state index in [-0.39, 0.29) is 17.4 Å². The molecule has 4 heterocycles. The Labute approximate surface area is 172 Å². The zero-order chi connectivity index (χ0) is 21.0. The van der Waals surface area contributed by atoms with Crippen molar-refractivity contribution in [2.45, 2.75) is 25.7 Å². The lowest BCUT2D eigenvalue weighted by Gasteiger charge is -2.25. The van der Waals surface area contributed by atoms with E-state index in [9.17, 15) is 13.2 Å². The van der Waals surface area contributed by atoms with Gasteiger partial charge < -0.3 is 4.57 Å². The van der Waals surface area contributed by atoms with Gasteiger partial charge in [-0.2, -0.15) is 13.2 Å². The van der Waals surface area contributed by atoms with Gasteiger partial charge >= 0.3 is 6.18 Å². The molecule has 12 heteroatoms. The SMILES string of the molecule is C[C@H]1Cn2c(-c3cnccn3)nnc2-c2nnc(-c3cccc(C(F)(F)F)c3Cl)n21. The fraction of sp³-hybridized carbons (Fsp3) is 0.222. The van der Waals surface area contributed by atoms with E-state index < -0.39 is 16.8 Å². The maximum absolute atomic E-state index is 13.3. The molecule has 0 amide bonds. The molecule has 0 bridgehead atoms. The molecule has 1 aliphatic rings. The summed E-state index contributed by atoms with van der Waals surface area (Å²) < 4.78 is 43.4. The standard InChI is InChI=1S/C18H12ClF3N8/c1-9-8-29-15(12-7-23-5-6-24-12)26-27-16(29)17-28-25-14(30(9)17)10-3-2-4-11(13(10)19)18(20,21)22/h2-7,9H,8H2,1H3/t9-/m0/s1. The molecule has 0 aliphatic carbocycles. The normalized spacial score (nSPS) is 15.7. The summed E-state index contributed by atoms with van der Waals surface area (Å²) in [5.74, 6) is 1.59. The fourth-order valence-corrected chi connectivity index (χ4v) is 3.88. The van der Waals surface area contributed by atoms with Crippen LogP contribution in [0.25, 0.3) is 34.6 Å². The first-order chi connectivity index (χ1) is 14.4. The molecule has 0 N–H and O–H groups in total. The van der Waals surface area contributed by atoms with Gasteiger partial charge in [0.25, 0.3) is 0 Å². The smallest absolute Gasteiger partial charge is 0.301 e. The third-order valence-electron chi connectivity index (χ3n) is 4.87. The van der Waals surface area contributed by atoms with Crippen molar-refractivity contribution in [1.82, 2.24) is 39.5 Å². The quantitative estimate of drug-likeness (QED) is 0.477. The highest BCUT2D eigenvalue weighted by Crippen LogP contribution is 2.41. The number of hydrogen-bond donors (Lipinski definition) is 0. The van der Waals surface area contributed by atoms with E-state index in [1.54, 1.807) is 23.2 Å². The van der Waals surface area contributed by atoms with Crippen molar-refractivity contribution in [3.63, 3.8) is 0 Å². The molecule has 0 fully saturated rings. The van der Waals surface area contributed by atoms with Crippen LogP contribution in [0.2, 0.25) is 5.02 Å². The summed E-state index contributed by atoms with van der Waals surface area (Å²) in [5, 5.41) is 16.3. The molecule has 1 aromatic carbocycles. The van der Waals surface area contributed by atoms with Crippen LogP contribution in [0.1, 0.15) is 18.5 Å². The summed E-state index contributed by atoms with van der Waals surface area (Å²) in [6, 6.07) is 3.53. The highest BCUT2D eigenvalue weighted by Gasteiger charge is 2.36. The lowest BCUT2D eigenvalue weighted by molar-refractivity contribution is -0.137. The van der Waals surface area contributed by atoms with Crippen molar-refractivity contribution in [3.8, 4) is 34.6 Å². The lowest BCUT2D eigenvalue weighted by Crippen LogP contribution is -2.22. The minimum atomic E-state index is -4.57. The van der Waals surface area contributed by atoms with E-state index in [1.165, 1.54) is 12.1 Å². The van der Waals surface area contributed by atoms with E-state index in [2.05, 4.69) is 30.4 Å². The van der Waals surface area contributed by atoms with Crippen LogP contribution in [0.5, 0.6) is 0 Å². The average Bonchev–Trinajstić information content (AvgIpc) is 3.32. The third kappa shape index (κ3) is 2.76. The summed E-state index contributed by atoms with van der Waals surface area (Å²) in [4.78, 5) is 8.31. The van der Waals surface area contributed by atoms with Gasteiger partial charge in [-0.1, -0.05) is 17.7 Å². The number of aromatic nitrogens is 8. The van der Waals surface area contributed by atoms with Crippen LogP contribution in [0.15, 0.2) is 36.8 Å². The Hall–Kier alpha value is -3.34. The number of hydrogen-bond acceptors (Lipinski definition) is 6. The molecule has 4 aromatic rings. The maximum Gasteiger partial charge on any atom is 0.417 e. The van der Waals surface area contributed by atoms with E-state index in [0.29, 0.717) is 29.7 Å². The van der Waals surface area contributed by atoms with E-state index in [1.807, 2.05) is 11.5 Å². The van der Waals surface area contributed by atoms with E-state index in [4.69, 9.17) is 11.6 Å². The zero-order valence-electron chi connectivity index (χ0n) is 15.3. The van der Waals surface area contributed by atoms with Gasteiger partial charge in [0.2, 0.25) is 11.6 Å². The summed E-state index contributed by atoms with van der Waals surface area (Å²) in [7, 11) is 0. The molecule has 1 atom stereocenters. The minimum absolute atomic E-state index is 0.152. The monoisotopic (exact) mass is 432 g/mol. The van der Waals surface area contributed by atoms with Crippen LogP contribution in [0.4, 0.5) is 13.2 Å². The van der Waals surface area contributed by atoms with Gasteiger partial charge in [0, 0.05) is 24.5 Å². The van der Waals surface area contributed by atoms with E-state index in [0.717, 1.165) is 6.07 Å². The highest BCUT2D eigenvalue weighted by atomic mass is 35.5. The van der Waals surface area contributed by atoms with Crippen molar-refractivity contribution in [1.29, 1.82) is 0 Å². The Bertz CT molecular complexity index is 1250. The van der Waals surface area contributed by atoms with Crippen molar-refractivity contribution in [2.24, 2.45) is 0 Å².